The number of benzene rings is 2. The lowest BCUT2D eigenvalue weighted by atomic mass is 10.1. The number of anilines is 1. The fourth-order valence-electron chi connectivity index (χ4n) is 2.34. The standard InChI is InChI=1S/C16H12N2S2/c17-11-7-5-10(6-8-11)16-18-15-12-3-1-2-4-13(12)19-9-14(15)20-16/h1-8H,9,17H2. The Morgan fingerprint density at radius 2 is 1.80 bits per heavy atom. The van der Waals surface area contributed by atoms with Crippen LogP contribution in [0.2, 0.25) is 0 Å². The van der Waals surface area contributed by atoms with E-state index in [0.29, 0.717) is 0 Å². The van der Waals surface area contributed by atoms with Gasteiger partial charge in [-0.15, -0.1) is 23.1 Å². The third kappa shape index (κ3) is 1.92. The summed E-state index contributed by atoms with van der Waals surface area (Å²) in [7, 11) is 0. The molecular weight excluding hydrogens is 284 g/mol. The third-order valence-corrected chi connectivity index (χ3v) is 5.74. The number of nitrogens with two attached hydrogens (primary N) is 1. The molecule has 0 radical (unpaired) electrons. The van der Waals surface area contributed by atoms with Crippen molar-refractivity contribution in [1.29, 1.82) is 0 Å². The van der Waals surface area contributed by atoms with E-state index in [9.17, 15) is 0 Å². The first-order valence-corrected chi connectivity index (χ1v) is 8.19. The Labute approximate surface area is 125 Å². The van der Waals surface area contributed by atoms with E-state index < -0.39 is 0 Å². The molecule has 0 saturated carbocycles. The first-order valence-electron chi connectivity index (χ1n) is 6.39. The molecule has 0 saturated heterocycles. The Morgan fingerprint density at radius 3 is 2.65 bits per heavy atom. The lowest BCUT2D eigenvalue weighted by molar-refractivity contribution is 1.29. The Morgan fingerprint density at radius 1 is 1.00 bits per heavy atom. The molecule has 0 atom stereocenters. The summed E-state index contributed by atoms with van der Waals surface area (Å²) >= 11 is 3.68. The highest BCUT2D eigenvalue weighted by Crippen LogP contribution is 2.45. The maximum Gasteiger partial charge on any atom is 0.124 e. The first-order chi connectivity index (χ1) is 9.81. The van der Waals surface area contributed by atoms with Crippen LogP contribution in [0.1, 0.15) is 4.88 Å². The lowest BCUT2D eigenvalue weighted by Gasteiger charge is -2.13. The summed E-state index contributed by atoms with van der Waals surface area (Å²) in [5, 5.41) is 1.08. The predicted molar refractivity (Wildman–Crippen MR) is 87.0 cm³/mol. The molecular formula is C16H12N2S2. The van der Waals surface area contributed by atoms with E-state index in [1.165, 1.54) is 15.3 Å². The van der Waals surface area contributed by atoms with Gasteiger partial charge in [-0.1, -0.05) is 18.2 Å². The molecule has 0 spiro atoms. The third-order valence-electron chi connectivity index (χ3n) is 3.36. The fourth-order valence-corrected chi connectivity index (χ4v) is 4.55. The number of rotatable bonds is 1. The van der Waals surface area contributed by atoms with Crippen molar-refractivity contribution in [2.24, 2.45) is 0 Å². The van der Waals surface area contributed by atoms with Gasteiger partial charge in [-0.2, -0.15) is 0 Å². The van der Waals surface area contributed by atoms with Crippen LogP contribution < -0.4 is 5.73 Å². The lowest BCUT2D eigenvalue weighted by Crippen LogP contribution is -1.92. The van der Waals surface area contributed by atoms with Crippen LogP contribution in [-0.2, 0) is 5.75 Å². The molecule has 3 aromatic rings. The van der Waals surface area contributed by atoms with Crippen LogP contribution in [0.3, 0.4) is 0 Å². The monoisotopic (exact) mass is 296 g/mol. The molecule has 0 bridgehead atoms. The van der Waals surface area contributed by atoms with E-state index in [1.54, 1.807) is 11.3 Å². The summed E-state index contributed by atoms with van der Waals surface area (Å²) < 4.78 is 0. The van der Waals surface area contributed by atoms with Gasteiger partial charge in [-0.25, -0.2) is 4.98 Å². The van der Waals surface area contributed by atoms with Gasteiger partial charge in [0.1, 0.15) is 5.01 Å². The average molecular weight is 296 g/mol. The molecule has 2 heterocycles. The van der Waals surface area contributed by atoms with Crippen molar-refractivity contribution < 1.29 is 0 Å². The normalized spacial score (nSPS) is 12.8. The van der Waals surface area contributed by atoms with Crippen molar-refractivity contribution in [3.8, 4) is 21.8 Å². The molecule has 98 valence electrons. The number of nitrogens with zero attached hydrogens (tertiary/aromatic N) is 1. The molecule has 0 unspecified atom stereocenters. The number of nitrogen functional groups attached to an aromatic ring is 1. The maximum atomic E-state index is 5.75. The van der Waals surface area contributed by atoms with E-state index in [4.69, 9.17) is 10.7 Å². The highest BCUT2D eigenvalue weighted by atomic mass is 32.2. The van der Waals surface area contributed by atoms with Crippen molar-refractivity contribution in [1.82, 2.24) is 4.98 Å². The number of thioether (sulfide) groups is 1. The van der Waals surface area contributed by atoms with E-state index in [1.807, 2.05) is 36.0 Å². The Kier molecular flexibility index (Phi) is 2.79. The Bertz CT molecular complexity index is 775. The molecule has 2 nitrogen and oxygen atoms in total. The molecule has 4 heteroatoms. The van der Waals surface area contributed by atoms with Gasteiger partial charge in [-0.05, 0) is 30.3 Å². The summed E-state index contributed by atoms with van der Waals surface area (Å²) in [4.78, 5) is 7.55. The predicted octanol–water partition coefficient (Wildman–Crippen LogP) is 4.67. The number of aromatic nitrogens is 1. The second-order valence-corrected chi connectivity index (χ2v) is 6.80. The number of hydrogen-bond acceptors (Lipinski definition) is 4. The van der Waals surface area contributed by atoms with E-state index in [0.717, 1.165) is 27.7 Å². The highest BCUT2D eigenvalue weighted by Gasteiger charge is 2.21. The Hall–Kier alpha value is -1.78. The van der Waals surface area contributed by atoms with Gasteiger partial charge in [0.15, 0.2) is 0 Å². The summed E-state index contributed by atoms with van der Waals surface area (Å²) in [6.07, 6.45) is 0. The SMILES string of the molecule is Nc1ccc(-c2nc3c(s2)CSc2ccccc2-3)cc1. The number of fused-ring (bicyclic) bond motifs is 3. The zero-order chi connectivity index (χ0) is 13.5. The van der Waals surface area contributed by atoms with Crippen LogP contribution in [0, 0.1) is 0 Å². The minimum Gasteiger partial charge on any atom is -0.399 e. The van der Waals surface area contributed by atoms with Crippen molar-refractivity contribution in [3.63, 3.8) is 0 Å². The highest BCUT2D eigenvalue weighted by molar-refractivity contribution is 7.98. The quantitative estimate of drug-likeness (QED) is 0.663. The molecule has 2 N–H and O–H groups in total. The summed E-state index contributed by atoms with van der Waals surface area (Å²) in [6.45, 7) is 0. The van der Waals surface area contributed by atoms with Crippen molar-refractivity contribution in [3.05, 3.63) is 53.4 Å². The molecule has 4 rings (SSSR count). The largest absolute Gasteiger partial charge is 0.399 e. The van der Waals surface area contributed by atoms with E-state index >= 15 is 0 Å². The Balaban J connectivity index is 1.84. The van der Waals surface area contributed by atoms with Crippen LogP contribution in [-0.4, -0.2) is 4.98 Å². The molecule has 1 aliphatic heterocycles. The van der Waals surface area contributed by atoms with Gasteiger partial charge in [-0.3, -0.25) is 0 Å². The van der Waals surface area contributed by atoms with Crippen LogP contribution in [0.15, 0.2) is 53.4 Å². The van der Waals surface area contributed by atoms with Gasteiger partial charge >= 0.3 is 0 Å². The number of hydrogen-bond donors (Lipinski definition) is 1. The topological polar surface area (TPSA) is 38.9 Å². The zero-order valence-electron chi connectivity index (χ0n) is 10.7. The van der Waals surface area contributed by atoms with Gasteiger partial charge in [0, 0.05) is 32.3 Å². The smallest absolute Gasteiger partial charge is 0.124 e. The fraction of sp³-hybridized carbons (Fsp3) is 0.0625. The summed E-state index contributed by atoms with van der Waals surface area (Å²) in [5.41, 5.74) is 10.1. The first kappa shape index (κ1) is 12.0. The molecule has 20 heavy (non-hydrogen) atoms. The van der Waals surface area contributed by atoms with E-state index in [-0.39, 0.29) is 0 Å². The van der Waals surface area contributed by atoms with Crippen LogP contribution in [0.5, 0.6) is 0 Å². The maximum absolute atomic E-state index is 5.75. The summed E-state index contributed by atoms with van der Waals surface area (Å²) in [5.74, 6) is 1.01. The molecule has 1 aromatic heterocycles. The van der Waals surface area contributed by atoms with Crippen molar-refractivity contribution >= 4 is 28.8 Å². The molecule has 2 aromatic carbocycles. The minimum atomic E-state index is 0.788. The van der Waals surface area contributed by atoms with Gasteiger partial charge in [0.25, 0.3) is 0 Å². The summed E-state index contributed by atoms with van der Waals surface area (Å²) in [6, 6.07) is 16.4. The molecule has 1 aliphatic rings. The number of thiazole rings is 1. The van der Waals surface area contributed by atoms with Gasteiger partial charge in [0.05, 0.1) is 5.69 Å². The van der Waals surface area contributed by atoms with Crippen molar-refractivity contribution in [2.75, 3.05) is 5.73 Å². The molecule has 0 aliphatic carbocycles. The van der Waals surface area contributed by atoms with Gasteiger partial charge < -0.3 is 5.73 Å². The van der Waals surface area contributed by atoms with Crippen molar-refractivity contribution in [2.45, 2.75) is 10.6 Å². The van der Waals surface area contributed by atoms with Crippen LogP contribution >= 0.6 is 23.1 Å². The van der Waals surface area contributed by atoms with Gasteiger partial charge in [0.2, 0.25) is 0 Å². The minimum absolute atomic E-state index is 0.788. The molecule has 0 fully saturated rings. The van der Waals surface area contributed by atoms with Crippen LogP contribution in [0.25, 0.3) is 21.8 Å². The molecule has 0 amide bonds. The average Bonchev–Trinajstić information content (AvgIpc) is 2.92. The second-order valence-electron chi connectivity index (χ2n) is 4.70. The van der Waals surface area contributed by atoms with Crippen LogP contribution in [0.4, 0.5) is 5.69 Å². The zero-order valence-corrected chi connectivity index (χ0v) is 12.3. The van der Waals surface area contributed by atoms with E-state index in [2.05, 4.69) is 24.3 Å². The second kappa shape index (κ2) is 4.65.